The molecule has 1 aromatic carbocycles. The molecule has 1 heterocycles. The van der Waals surface area contributed by atoms with Gasteiger partial charge in [-0.3, -0.25) is 0 Å². The van der Waals surface area contributed by atoms with E-state index in [4.69, 9.17) is 14.2 Å². The third kappa shape index (κ3) is 5.19. The van der Waals surface area contributed by atoms with E-state index in [-0.39, 0.29) is 6.10 Å². The monoisotopic (exact) mass is 295 g/mol. The van der Waals surface area contributed by atoms with Crippen molar-refractivity contribution in [2.45, 2.75) is 38.3 Å². The van der Waals surface area contributed by atoms with Crippen molar-refractivity contribution in [2.24, 2.45) is 0 Å². The molecular formula is C16H25NO4. The maximum Gasteiger partial charge on any atom is 0.231 e. The highest BCUT2D eigenvalue weighted by atomic mass is 16.7. The van der Waals surface area contributed by atoms with Crippen LogP contribution in [-0.4, -0.2) is 44.3 Å². The first-order valence-electron chi connectivity index (χ1n) is 7.48. The molecule has 5 nitrogen and oxygen atoms in total. The summed E-state index contributed by atoms with van der Waals surface area (Å²) in [6.45, 7) is 3.68. The predicted octanol–water partition coefficient (Wildman–Crippen LogP) is 1.72. The first-order valence-corrected chi connectivity index (χ1v) is 7.48. The standard InChI is InChI=1S/C16H25NO4/c1-12(17-8-7-14(18)10-19-2)3-4-13-5-6-15-16(9-13)21-11-20-15/h5-6,9,12,14,17-18H,3-4,7-8,10-11H2,1-2H3. The molecule has 0 fully saturated rings. The Bertz CT molecular complexity index is 438. The summed E-state index contributed by atoms with van der Waals surface area (Å²) in [7, 11) is 1.60. The number of ether oxygens (including phenoxy) is 3. The Morgan fingerprint density at radius 2 is 2.10 bits per heavy atom. The van der Waals surface area contributed by atoms with E-state index < -0.39 is 0 Å². The normalized spacial score (nSPS) is 16.0. The van der Waals surface area contributed by atoms with Crippen LogP contribution in [0.4, 0.5) is 0 Å². The highest BCUT2D eigenvalue weighted by Gasteiger charge is 2.13. The Kier molecular flexibility index (Phi) is 6.29. The maximum atomic E-state index is 9.57. The number of nitrogens with one attached hydrogen (secondary N) is 1. The van der Waals surface area contributed by atoms with Crippen LogP contribution in [0.25, 0.3) is 0 Å². The van der Waals surface area contributed by atoms with Crippen molar-refractivity contribution in [2.75, 3.05) is 27.1 Å². The summed E-state index contributed by atoms with van der Waals surface area (Å²) < 4.78 is 15.6. The van der Waals surface area contributed by atoms with Gasteiger partial charge in [-0.1, -0.05) is 6.07 Å². The summed E-state index contributed by atoms with van der Waals surface area (Å²) in [4.78, 5) is 0. The van der Waals surface area contributed by atoms with Gasteiger partial charge in [-0.15, -0.1) is 0 Å². The molecule has 2 unspecified atom stereocenters. The van der Waals surface area contributed by atoms with Crippen LogP contribution < -0.4 is 14.8 Å². The van der Waals surface area contributed by atoms with Crippen molar-refractivity contribution >= 4 is 0 Å². The molecule has 2 rings (SSSR count). The predicted molar refractivity (Wildman–Crippen MR) is 80.9 cm³/mol. The van der Waals surface area contributed by atoms with Crippen molar-refractivity contribution < 1.29 is 19.3 Å². The number of aryl methyl sites for hydroxylation is 1. The third-order valence-corrected chi connectivity index (χ3v) is 3.63. The number of fused-ring (bicyclic) bond motifs is 1. The Hall–Kier alpha value is -1.30. The van der Waals surface area contributed by atoms with Gasteiger partial charge in [-0.25, -0.2) is 0 Å². The van der Waals surface area contributed by atoms with Crippen LogP contribution in [0.2, 0.25) is 0 Å². The average molecular weight is 295 g/mol. The summed E-state index contributed by atoms with van der Waals surface area (Å²) in [6.07, 6.45) is 2.36. The number of aliphatic hydroxyl groups is 1. The Labute approximate surface area is 126 Å². The highest BCUT2D eigenvalue weighted by molar-refractivity contribution is 5.44. The number of hydrogen-bond acceptors (Lipinski definition) is 5. The van der Waals surface area contributed by atoms with Gasteiger partial charge in [0.15, 0.2) is 11.5 Å². The second-order valence-electron chi connectivity index (χ2n) is 5.48. The van der Waals surface area contributed by atoms with E-state index in [9.17, 15) is 5.11 Å². The van der Waals surface area contributed by atoms with Gasteiger partial charge in [-0.2, -0.15) is 0 Å². The molecule has 1 aliphatic rings. The number of hydrogen-bond donors (Lipinski definition) is 2. The molecule has 0 saturated carbocycles. The lowest BCUT2D eigenvalue weighted by atomic mass is 10.1. The Balaban J connectivity index is 1.65. The summed E-state index contributed by atoms with van der Waals surface area (Å²) in [5, 5.41) is 13.0. The van der Waals surface area contributed by atoms with Crippen molar-refractivity contribution in [1.82, 2.24) is 5.32 Å². The van der Waals surface area contributed by atoms with E-state index in [2.05, 4.69) is 24.4 Å². The number of rotatable bonds is 9. The molecule has 2 atom stereocenters. The van der Waals surface area contributed by atoms with E-state index in [0.717, 1.165) is 30.9 Å². The van der Waals surface area contributed by atoms with E-state index in [1.807, 2.05) is 6.07 Å². The molecule has 0 aliphatic carbocycles. The van der Waals surface area contributed by atoms with Crippen LogP contribution in [0, 0.1) is 0 Å². The molecule has 2 N–H and O–H groups in total. The minimum atomic E-state index is -0.386. The summed E-state index contributed by atoms with van der Waals surface area (Å²) in [5.74, 6) is 1.67. The quantitative estimate of drug-likeness (QED) is 0.726. The minimum absolute atomic E-state index is 0.320. The fourth-order valence-electron chi connectivity index (χ4n) is 2.35. The molecule has 1 aliphatic heterocycles. The van der Waals surface area contributed by atoms with Gasteiger partial charge in [0.25, 0.3) is 0 Å². The topological polar surface area (TPSA) is 60.0 Å². The van der Waals surface area contributed by atoms with Gasteiger partial charge in [-0.05, 0) is 50.4 Å². The van der Waals surface area contributed by atoms with Crippen LogP contribution >= 0.6 is 0 Å². The first-order chi connectivity index (χ1) is 10.2. The molecule has 21 heavy (non-hydrogen) atoms. The molecule has 5 heteroatoms. The fourth-order valence-corrected chi connectivity index (χ4v) is 2.35. The molecule has 1 aromatic rings. The third-order valence-electron chi connectivity index (χ3n) is 3.63. The van der Waals surface area contributed by atoms with Crippen molar-refractivity contribution in [3.8, 4) is 11.5 Å². The molecule has 0 saturated heterocycles. The first kappa shape index (κ1) is 16.1. The molecular weight excluding hydrogens is 270 g/mol. The smallest absolute Gasteiger partial charge is 0.231 e. The van der Waals surface area contributed by atoms with E-state index in [0.29, 0.717) is 25.9 Å². The Morgan fingerprint density at radius 3 is 2.90 bits per heavy atom. The second kappa shape index (κ2) is 8.22. The fraction of sp³-hybridized carbons (Fsp3) is 0.625. The van der Waals surface area contributed by atoms with Crippen LogP contribution in [0.3, 0.4) is 0 Å². The molecule has 0 bridgehead atoms. The summed E-state index contributed by atoms with van der Waals surface area (Å²) in [6, 6.07) is 6.52. The summed E-state index contributed by atoms with van der Waals surface area (Å²) in [5.41, 5.74) is 1.26. The zero-order valence-corrected chi connectivity index (χ0v) is 12.8. The van der Waals surface area contributed by atoms with Crippen LogP contribution in [0.1, 0.15) is 25.3 Å². The maximum absolute atomic E-state index is 9.57. The van der Waals surface area contributed by atoms with Crippen molar-refractivity contribution in [3.63, 3.8) is 0 Å². The van der Waals surface area contributed by atoms with Gasteiger partial charge < -0.3 is 24.6 Å². The van der Waals surface area contributed by atoms with Crippen LogP contribution in [-0.2, 0) is 11.2 Å². The van der Waals surface area contributed by atoms with E-state index in [1.54, 1.807) is 7.11 Å². The zero-order chi connectivity index (χ0) is 15.1. The molecule has 118 valence electrons. The Morgan fingerprint density at radius 1 is 1.29 bits per heavy atom. The molecule has 0 radical (unpaired) electrons. The second-order valence-corrected chi connectivity index (χ2v) is 5.48. The SMILES string of the molecule is COCC(O)CCNC(C)CCc1ccc2c(c1)OCO2. The number of benzene rings is 1. The van der Waals surface area contributed by atoms with Crippen molar-refractivity contribution in [3.05, 3.63) is 23.8 Å². The number of methoxy groups -OCH3 is 1. The lowest BCUT2D eigenvalue weighted by Crippen LogP contribution is -2.30. The largest absolute Gasteiger partial charge is 0.454 e. The van der Waals surface area contributed by atoms with Gasteiger partial charge in [0.1, 0.15) is 0 Å². The molecule has 0 amide bonds. The van der Waals surface area contributed by atoms with Crippen molar-refractivity contribution in [1.29, 1.82) is 0 Å². The van der Waals surface area contributed by atoms with E-state index >= 15 is 0 Å². The lowest BCUT2D eigenvalue weighted by Gasteiger charge is -2.15. The van der Waals surface area contributed by atoms with Crippen LogP contribution in [0.15, 0.2) is 18.2 Å². The number of aliphatic hydroxyl groups excluding tert-OH is 1. The zero-order valence-electron chi connectivity index (χ0n) is 12.8. The highest BCUT2D eigenvalue weighted by Crippen LogP contribution is 2.32. The van der Waals surface area contributed by atoms with Gasteiger partial charge in [0.2, 0.25) is 6.79 Å². The van der Waals surface area contributed by atoms with E-state index in [1.165, 1.54) is 5.56 Å². The van der Waals surface area contributed by atoms with Gasteiger partial charge >= 0.3 is 0 Å². The van der Waals surface area contributed by atoms with Gasteiger partial charge in [0.05, 0.1) is 12.7 Å². The lowest BCUT2D eigenvalue weighted by molar-refractivity contribution is 0.0590. The molecule has 0 spiro atoms. The van der Waals surface area contributed by atoms with Crippen LogP contribution in [0.5, 0.6) is 11.5 Å². The molecule has 0 aromatic heterocycles. The van der Waals surface area contributed by atoms with Gasteiger partial charge in [0, 0.05) is 13.2 Å². The summed E-state index contributed by atoms with van der Waals surface area (Å²) >= 11 is 0. The minimum Gasteiger partial charge on any atom is -0.454 e. The average Bonchev–Trinajstić information content (AvgIpc) is 2.93.